The number of methoxy groups -OCH3 is 1. The maximum absolute atomic E-state index is 11.9. The summed E-state index contributed by atoms with van der Waals surface area (Å²) in [6, 6.07) is 1.86. The molecule has 23 heavy (non-hydrogen) atoms. The number of carbonyl (C=O) groups is 1. The SMILES string of the molecule is COc1nc(CNC(=O)c2ccoc2)nc(N2CCCCC2)n1. The second-order valence-corrected chi connectivity index (χ2v) is 5.28. The van der Waals surface area contributed by atoms with Crippen molar-refractivity contribution in [1.82, 2.24) is 20.3 Å². The fourth-order valence-corrected chi connectivity index (χ4v) is 2.45. The molecule has 8 nitrogen and oxygen atoms in total. The number of hydrogen-bond acceptors (Lipinski definition) is 7. The maximum atomic E-state index is 11.9. The highest BCUT2D eigenvalue weighted by molar-refractivity contribution is 5.93. The first-order valence-corrected chi connectivity index (χ1v) is 7.60. The van der Waals surface area contributed by atoms with E-state index in [-0.39, 0.29) is 18.5 Å². The van der Waals surface area contributed by atoms with Gasteiger partial charge in [0.2, 0.25) is 5.95 Å². The van der Waals surface area contributed by atoms with Crippen molar-refractivity contribution >= 4 is 11.9 Å². The zero-order chi connectivity index (χ0) is 16.1. The number of amides is 1. The largest absolute Gasteiger partial charge is 0.472 e. The molecule has 1 aliphatic rings. The molecule has 0 atom stereocenters. The van der Waals surface area contributed by atoms with Crippen molar-refractivity contribution in [3.05, 3.63) is 30.0 Å². The first kappa shape index (κ1) is 15.3. The van der Waals surface area contributed by atoms with Gasteiger partial charge in [0, 0.05) is 13.1 Å². The van der Waals surface area contributed by atoms with Gasteiger partial charge in [-0.1, -0.05) is 0 Å². The predicted octanol–water partition coefficient (Wildman–Crippen LogP) is 1.39. The Balaban J connectivity index is 1.71. The summed E-state index contributed by atoms with van der Waals surface area (Å²) < 4.78 is 10.0. The number of hydrogen-bond donors (Lipinski definition) is 1. The van der Waals surface area contributed by atoms with Crippen LogP contribution in [-0.4, -0.2) is 41.1 Å². The third kappa shape index (κ3) is 3.77. The van der Waals surface area contributed by atoms with E-state index in [2.05, 4.69) is 25.2 Å². The maximum Gasteiger partial charge on any atom is 0.321 e. The number of piperidine rings is 1. The molecule has 2 aromatic rings. The number of furan rings is 1. The zero-order valence-electron chi connectivity index (χ0n) is 13.0. The van der Waals surface area contributed by atoms with Crippen LogP contribution < -0.4 is 15.0 Å². The highest BCUT2D eigenvalue weighted by Crippen LogP contribution is 2.17. The van der Waals surface area contributed by atoms with Crippen molar-refractivity contribution in [2.75, 3.05) is 25.1 Å². The highest BCUT2D eigenvalue weighted by atomic mass is 16.5. The van der Waals surface area contributed by atoms with Crippen LogP contribution in [0.25, 0.3) is 0 Å². The van der Waals surface area contributed by atoms with E-state index < -0.39 is 0 Å². The molecular weight excluding hydrogens is 298 g/mol. The monoisotopic (exact) mass is 317 g/mol. The Hall–Kier alpha value is -2.64. The quantitative estimate of drug-likeness (QED) is 0.890. The molecule has 8 heteroatoms. The van der Waals surface area contributed by atoms with Crippen molar-refractivity contribution in [3.8, 4) is 6.01 Å². The third-order valence-electron chi connectivity index (χ3n) is 3.66. The van der Waals surface area contributed by atoms with E-state index >= 15 is 0 Å². The van der Waals surface area contributed by atoms with Gasteiger partial charge in [0.25, 0.3) is 5.91 Å². The van der Waals surface area contributed by atoms with Crippen LogP contribution in [0.5, 0.6) is 6.01 Å². The van der Waals surface area contributed by atoms with Gasteiger partial charge in [0.1, 0.15) is 6.26 Å². The van der Waals surface area contributed by atoms with E-state index in [9.17, 15) is 4.79 Å². The second-order valence-electron chi connectivity index (χ2n) is 5.28. The smallest absolute Gasteiger partial charge is 0.321 e. The van der Waals surface area contributed by atoms with Gasteiger partial charge in [-0.25, -0.2) is 0 Å². The summed E-state index contributed by atoms with van der Waals surface area (Å²) >= 11 is 0. The number of carbonyl (C=O) groups excluding carboxylic acids is 1. The fraction of sp³-hybridized carbons (Fsp3) is 0.467. The lowest BCUT2D eigenvalue weighted by Gasteiger charge is -2.26. The van der Waals surface area contributed by atoms with Crippen molar-refractivity contribution in [2.24, 2.45) is 0 Å². The standard InChI is InChI=1S/C15H19N5O3/c1-22-15-18-12(9-16-13(21)11-5-8-23-10-11)17-14(19-15)20-6-3-2-4-7-20/h5,8,10H,2-4,6-7,9H2,1H3,(H,16,21). The van der Waals surface area contributed by atoms with Crippen molar-refractivity contribution < 1.29 is 13.9 Å². The summed E-state index contributed by atoms with van der Waals surface area (Å²) in [5.41, 5.74) is 0.460. The van der Waals surface area contributed by atoms with Crippen molar-refractivity contribution in [3.63, 3.8) is 0 Å². The number of nitrogens with one attached hydrogen (secondary N) is 1. The van der Waals surface area contributed by atoms with Crippen LogP contribution in [0, 0.1) is 0 Å². The third-order valence-corrected chi connectivity index (χ3v) is 3.66. The van der Waals surface area contributed by atoms with Crippen LogP contribution in [-0.2, 0) is 6.54 Å². The van der Waals surface area contributed by atoms with Crippen LogP contribution >= 0.6 is 0 Å². The molecule has 3 heterocycles. The number of anilines is 1. The Labute approximate surface area is 133 Å². The van der Waals surface area contributed by atoms with Crippen LogP contribution in [0.15, 0.2) is 23.0 Å². The zero-order valence-corrected chi connectivity index (χ0v) is 13.0. The van der Waals surface area contributed by atoms with Gasteiger partial charge < -0.3 is 19.4 Å². The number of aromatic nitrogens is 3. The van der Waals surface area contributed by atoms with Gasteiger partial charge in [-0.2, -0.15) is 15.0 Å². The molecule has 2 aromatic heterocycles. The lowest BCUT2D eigenvalue weighted by atomic mass is 10.1. The van der Waals surface area contributed by atoms with Crippen LogP contribution in [0.2, 0.25) is 0 Å². The molecule has 1 saturated heterocycles. The minimum absolute atomic E-state index is 0.198. The van der Waals surface area contributed by atoms with Crippen LogP contribution in [0.4, 0.5) is 5.95 Å². The average Bonchev–Trinajstić information content (AvgIpc) is 3.15. The topological polar surface area (TPSA) is 93.4 Å². The molecule has 0 bridgehead atoms. The summed E-state index contributed by atoms with van der Waals surface area (Å²) in [7, 11) is 1.52. The molecule has 0 spiro atoms. The van der Waals surface area contributed by atoms with E-state index in [1.165, 1.54) is 26.1 Å². The van der Waals surface area contributed by atoms with Crippen LogP contribution in [0.1, 0.15) is 35.4 Å². The van der Waals surface area contributed by atoms with Gasteiger partial charge in [0.05, 0.1) is 25.5 Å². The number of rotatable bonds is 5. The molecule has 0 radical (unpaired) electrons. The molecular formula is C15H19N5O3. The van der Waals surface area contributed by atoms with Gasteiger partial charge in [-0.05, 0) is 25.3 Å². The Bertz CT molecular complexity index is 653. The molecule has 1 amide bonds. The molecule has 0 unspecified atom stereocenters. The minimum Gasteiger partial charge on any atom is -0.472 e. The first-order chi connectivity index (χ1) is 11.3. The van der Waals surface area contributed by atoms with Crippen molar-refractivity contribution in [2.45, 2.75) is 25.8 Å². The number of ether oxygens (including phenoxy) is 1. The first-order valence-electron chi connectivity index (χ1n) is 7.60. The van der Waals surface area contributed by atoms with E-state index in [1.54, 1.807) is 6.07 Å². The Morgan fingerprint density at radius 2 is 2.13 bits per heavy atom. The minimum atomic E-state index is -0.238. The lowest BCUT2D eigenvalue weighted by molar-refractivity contribution is 0.0949. The Kier molecular flexibility index (Phi) is 4.70. The molecule has 1 N–H and O–H groups in total. The average molecular weight is 317 g/mol. The van der Waals surface area contributed by atoms with E-state index in [0.717, 1.165) is 25.9 Å². The van der Waals surface area contributed by atoms with Gasteiger partial charge >= 0.3 is 6.01 Å². The van der Waals surface area contributed by atoms with Crippen LogP contribution in [0.3, 0.4) is 0 Å². The van der Waals surface area contributed by atoms with Gasteiger partial charge in [-0.15, -0.1) is 0 Å². The second kappa shape index (κ2) is 7.08. The summed E-state index contributed by atoms with van der Waals surface area (Å²) in [6.45, 7) is 2.05. The molecule has 3 rings (SSSR count). The molecule has 0 aliphatic carbocycles. The molecule has 0 aromatic carbocycles. The molecule has 0 saturated carbocycles. The van der Waals surface area contributed by atoms with E-state index in [0.29, 0.717) is 17.3 Å². The van der Waals surface area contributed by atoms with E-state index in [1.807, 2.05) is 0 Å². The predicted molar refractivity (Wildman–Crippen MR) is 82.3 cm³/mol. The summed E-state index contributed by atoms with van der Waals surface area (Å²) in [4.78, 5) is 27.0. The fourth-order valence-electron chi connectivity index (χ4n) is 2.45. The Morgan fingerprint density at radius 1 is 1.30 bits per heavy atom. The normalized spacial score (nSPS) is 14.6. The summed E-state index contributed by atoms with van der Waals surface area (Å²) in [5.74, 6) is 0.830. The summed E-state index contributed by atoms with van der Waals surface area (Å²) in [6.07, 6.45) is 6.32. The lowest BCUT2D eigenvalue weighted by Crippen LogP contribution is -2.32. The van der Waals surface area contributed by atoms with Crippen molar-refractivity contribution in [1.29, 1.82) is 0 Å². The van der Waals surface area contributed by atoms with Gasteiger partial charge in [-0.3, -0.25) is 4.79 Å². The highest BCUT2D eigenvalue weighted by Gasteiger charge is 2.17. The van der Waals surface area contributed by atoms with E-state index in [4.69, 9.17) is 9.15 Å². The Morgan fingerprint density at radius 3 is 2.83 bits per heavy atom. The number of nitrogens with zero attached hydrogens (tertiary/aromatic N) is 4. The molecule has 1 aliphatic heterocycles. The molecule has 1 fully saturated rings. The van der Waals surface area contributed by atoms with Gasteiger partial charge in [0.15, 0.2) is 5.82 Å². The summed E-state index contributed by atoms with van der Waals surface area (Å²) in [5, 5.41) is 2.76. The molecule has 122 valence electrons.